The van der Waals surface area contributed by atoms with Crippen molar-refractivity contribution in [3.63, 3.8) is 0 Å². The highest BCUT2D eigenvalue weighted by Crippen LogP contribution is 2.29. The van der Waals surface area contributed by atoms with Gasteiger partial charge in [-0.15, -0.1) is 0 Å². The molecule has 0 aromatic heterocycles. The van der Waals surface area contributed by atoms with Crippen LogP contribution in [-0.2, 0) is 4.74 Å². The first-order chi connectivity index (χ1) is 6.74. The molecule has 2 N–H and O–H groups in total. The van der Waals surface area contributed by atoms with Crippen molar-refractivity contribution in [2.24, 2.45) is 11.7 Å². The summed E-state index contributed by atoms with van der Waals surface area (Å²) in [5, 5.41) is 0. The van der Waals surface area contributed by atoms with Gasteiger partial charge in [0.1, 0.15) is 0 Å². The van der Waals surface area contributed by atoms with Crippen molar-refractivity contribution < 1.29 is 4.74 Å². The van der Waals surface area contributed by atoms with Crippen LogP contribution >= 0.6 is 0 Å². The summed E-state index contributed by atoms with van der Waals surface area (Å²) < 4.78 is 6.09. The van der Waals surface area contributed by atoms with Gasteiger partial charge in [0, 0.05) is 6.04 Å². The zero-order chi connectivity index (χ0) is 9.97. The Labute approximate surface area is 87.2 Å². The molecule has 2 rings (SSSR count). The molecule has 2 aliphatic rings. The van der Waals surface area contributed by atoms with Gasteiger partial charge >= 0.3 is 0 Å². The number of rotatable bonds is 2. The van der Waals surface area contributed by atoms with E-state index in [1.807, 2.05) is 0 Å². The van der Waals surface area contributed by atoms with E-state index in [9.17, 15) is 0 Å². The minimum absolute atomic E-state index is 0.405. The molecule has 2 nitrogen and oxygen atoms in total. The molecule has 2 saturated carbocycles. The predicted molar refractivity (Wildman–Crippen MR) is 58.1 cm³/mol. The zero-order valence-electron chi connectivity index (χ0n) is 9.24. The van der Waals surface area contributed by atoms with Gasteiger partial charge in [0.2, 0.25) is 0 Å². The lowest BCUT2D eigenvalue weighted by atomic mass is 9.89. The van der Waals surface area contributed by atoms with Crippen LogP contribution in [0.4, 0.5) is 0 Å². The molecule has 14 heavy (non-hydrogen) atoms. The lowest BCUT2D eigenvalue weighted by molar-refractivity contribution is -0.0321. The molecule has 0 radical (unpaired) electrons. The fraction of sp³-hybridized carbons (Fsp3) is 1.00. The molecular formula is C12H23NO. The monoisotopic (exact) mass is 197 g/mol. The van der Waals surface area contributed by atoms with E-state index in [2.05, 4.69) is 6.92 Å². The zero-order valence-corrected chi connectivity index (χ0v) is 9.24. The molecule has 0 bridgehead atoms. The molecule has 0 aromatic carbocycles. The Balaban J connectivity index is 1.70. The third kappa shape index (κ3) is 2.71. The molecule has 0 aromatic rings. The Bertz CT molecular complexity index is 175. The van der Waals surface area contributed by atoms with Gasteiger partial charge < -0.3 is 10.5 Å². The van der Waals surface area contributed by atoms with E-state index in [1.165, 1.54) is 32.1 Å². The third-order valence-corrected chi connectivity index (χ3v) is 3.77. The summed E-state index contributed by atoms with van der Waals surface area (Å²) in [6.07, 6.45) is 9.70. The van der Waals surface area contributed by atoms with Crippen LogP contribution < -0.4 is 5.73 Å². The number of hydrogen-bond acceptors (Lipinski definition) is 2. The van der Waals surface area contributed by atoms with Crippen molar-refractivity contribution in [3.05, 3.63) is 0 Å². The van der Waals surface area contributed by atoms with Gasteiger partial charge in [0.05, 0.1) is 12.2 Å². The third-order valence-electron chi connectivity index (χ3n) is 3.77. The van der Waals surface area contributed by atoms with E-state index >= 15 is 0 Å². The van der Waals surface area contributed by atoms with Crippen molar-refractivity contribution in [3.8, 4) is 0 Å². The first kappa shape index (κ1) is 10.4. The largest absolute Gasteiger partial charge is 0.375 e. The quantitative estimate of drug-likeness (QED) is 0.738. The van der Waals surface area contributed by atoms with Crippen LogP contribution in [0.15, 0.2) is 0 Å². The Morgan fingerprint density at radius 2 is 1.57 bits per heavy atom. The predicted octanol–water partition coefficient (Wildman–Crippen LogP) is 2.46. The summed E-state index contributed by atoms with van der Waals surface area (Å²) in [5.74, 6) is 0.917. The standard InChI is InChI=1S/C12H23NO/c1-9-2-5-11(6-3-9)14-12-7-4-10(13)8-12/h9-12H,2-8,13H2,1H3. The first-order valence-electron chi connectivity index (χ1n) is 6.15. The summed E-state index contributed by atoms with van der Waals surface area (Å²) in [4.78, 5) is 0. The van der Waals surface area contributed by atoms with E-state index in [4.69, 9.17) is 10.5 Å². The molecule has 82 valence electrons. The lowest BCUT2D eigenvalue weighted by Crippen LogP contribution is -2.26. The summed E-state index contributed by atoms with van der Waals surface area (Å²) >= 11 is 0. The van der Waals surface area contributed by atoms with Crippen LogP contribution in [0.3, 0.4) is 0 Å². The van der Waals surface area contributed by atoms with Crippen molar-refractivity contribution in [1.82, 2.24) is 0 Å². The van der Waals surface area contributed by atoms with E-state index in [-0.39, 0.29) is 0 Å². The second-order valence-electron chi connectivity index (χ2n) is 5.21. The number of nitrogens with two attached hydrogens (primary N) is 1. The van der Waals surface area contributed by atoms with Crippen LogP contribution in [0.2, 0.25) is 0 Å². The van der Waals surface area contributed by atoms with E-state index < -0.39 is 0 Å². The van der Waals surface area contributed by atoms with Gasteiger partial charge in [-0.05, 0) is 50.9 Å². The normalized spacial score (nSPS) is 44.1. The lowest BCUT2D eigenvalue weighted by Gasteiger charge is -2.28. The van der Waals surface area contributed by atoms with Gasteiger partial charge in [-0.25, -0.2) is 0 Å². The summed E-state index contributed by atoms with van der Waals surface area (Å²) in [6, 6.07) is 0.405. The maximum Gasteiger partial charge on any atom is 0.0594 e. The van der Waals surface area contributed by atoms with Crippen molar-refractivity contribution >= 4 is 0 Å². The van der Waals surface area contributed by atoms with Gasteiger partial charge in [0.25, 0.3) is 0 Å². The Morgan fingerprint density at radius 1 is 0.929 bits per heavy atom. The second-order valence-corrected chi connectivity index (χ2v) is 5.21. The molecule has 0 aliphatic heterocycles. The molecule has 0 saturated heterocycles. The highest BCUT2D eigenvalue weighted by atomic mass is 16.5. The van der Waals surface area contributed by atoms with Crippen molar-refractivity contribution in [1.29, 1.82) is 0 Å². The molecule has 0 heterocycles. The minimum Gasteiger partial charge on any atom is -0.375 e. The molecule has 2 unspecified atom stereocenters. The molecule has 2 heteroatoms. The van der Waals surface area contributed by atoms with Gasteiger partial charge in [-0.3, -0.25) is 0 Å². The Hall–Kier alpha value is -0.0800. The molecule has 2 fully saturated rings. The average molecular weight is 197 g/mol. The summed E-state index contributed by atoms with van der Waals surface area (Å²) in [5.41, 5.74) is 5.87. The average Bonchev–Trinajstić information content (AvgIpc) is 2.56. The van der Waals surface area contributed by atoms with Crippen LogP contribution in [0, 0.1) is 5.92 Å². The van der Waals surface area contributed by atoms with E-state index in [0.29, 0.717) is 18.2 Å². The van der Waals surface area contributed by atoms with Crippen molar-refractivity contribution in [2.45, 2.75) is 70.1 Å². The molecule has 0 amide bonds. The smallest absolute Gasteiger partial charge is 0.0594 e. The molecule has 2 atom stereocenters. The van der Waals surface area contributed by atoms with Gasteiger partial charge in [-0.1, -0.05) is 6.92 Å². The highest BCUT2D eigenvalue weighted by Gasteiger charge is 2.27. The number of hydrogen-bond donors (Lipinski definition) is 1. The van der Waals surface area contributed by atoms with Gasteiger partial charge in [0.15, 0.2) is 0 Å². The first-order valence-corrected chi connectivity index (χ1v) is 6.15. The van der Waals surface area contributed by atoms with E-state index in [1.54, 1.807) is 0 Å². The fourth-order valence-corrected chi connectivity index (χ4v) is 2.73. The minimum atomic E-state index is 0.405. The topological polar surface area (TPSA) is 35.2 Å². The Morgan fingerprint density at radius 3 is 2.14 bits per heavy atom. The maximum absolute atomic E-state index is 6.09. The summed E-state index contributed by atoms with van der Waals surface area (Å²) in [7, 11) is 0. The SMILES string of the molecule is CC1CCC(OC2CCC(N)C2)CC1. The van der Waals surface area contributed by atoms with E-state index in [0.717, 1.165) is 18.8 Å². The fourth-order valence-electron chi connectivity index (χ4n) is 2.73. The molecular weight excluding hydrogens is 174 g/mol. The summed E-state index contributed by atoms with van der Waals surface area (Å²) in [6.45, 7) is 2.35. The maximum atomic E-state index is 6.09. The number of ether oxygens (including phenoxy) is 1. The second kappa shape index (κ2) is 4.63. The van der Waals surface area contributed by atoms with Gasteiger partial charge in [-0.2, -0.15) is 0 Å². The Kier molecular flexibility index (Phi) is 3.45. The molecule has 0 spiro atoms. The van der Waals surface area contributed by atoms with Crippen LogP contribution in [0.25, 0.3) is 0 Å². The molecule has 2 aliphatic carbocycles. The van der Waals surface area contributed by atoms with Crippen molar-refractivity contribution in [2.75, 3.05) is 0 Å². The highest BCUT2D eigenvalue weighted by molar-refractivity contribution is 4.80. The van der Waals surface area contributed by atoms with Crippen LogP contribution in [0.1, 0.15) is 51.9 Å². The van der Waals surface area contributed by atoms with Crippen LogP contribution in [-0.4, -0.2) is 18.2 Å². The van der Waals surface area contributed by atoms with Crippen LogP contribution in [0.5, 0.6) is 0 Å².